The van der Waals surface area contributed by atoms with Crippen LogP contribution in [0.2, 0.25) is 0 Å². The molecular formula is C16H20F2N2O3. The molecule has 1 saturated carbocycles. The fourth-order valence-corrected chi connectivity index (χ4v) is 2.65. The standard InChI is InChI=1S/C16H20F2N2O3/c1-4-23-13-8-12(16(13,2)3)20-15(22)14(21)19-11-6-9(17)5-10(18)7-11/h5-7,12-13H,4,8H2,1-3H3,(H,19,21)(H,20,22)/t12-,13+/m0/s1. The number of carbonyl (C=O) groups is 2. The van der Waals surface area contributed by atoms with Gasteiger partial charge in [-0.3, -0.25) is 9.59 Å². The molecule has 1 aromatic rings. The van der Waals surface area contributed by atoms with Gasteiger partial charge in [-0.15, -0.1) is 0 Å². The van der Waals surface area contributed by atoms with Crippen molar-refractivity contribution < 1.29 is 23.1 Å². The van der Waals surface area contributed by atoms with Crippen molar-refractivity contribution in [2.75, 3.05) is 11.9 Å². The summed E-state index contributed by atoms with van der Waals surface area (Å²) in [5, 5.41) is 4.80. The van der Waals surface area contributed by atoms with Gasteiger partial charge in [0.1, 0.15) is 11.6 Å². The van der Waals surface area contributed by atoms with Crippen LogP contribution >= 0.6 is 0 Å². The quantitative estimate of drug-likeness (QED) is 0.834. The zero-order valence-corrected chi connectivity index (χ0v) is 13.3. The molecular weight excluding hydrogens is 306 g/mol. The van der Waals surface area contributed by atoms with E-state index in [0.29, 0.717) is 19.1 Å². The summed E-state index contributed by atoms with van der Waals surface area (Å²) in [6.07, 6.45) is 0.646. The van der Waals surface area contributed by atoms with E-state index >= 15 is 0 Å². The molecule has 1 aromatic carbocycles. The monoisotopic (exact) mass is 326 g/mol. The van der Waals surface area contributed by atoms with Gasteiger partial charge < -0.3 is 15.4 Å². The summed E-state index contributed by atoms with van der Waals surface area (Å²) < 4.78 is 31.7. The summed E-state index contributed by atoms with van der Waals surface area (Å²) in [4.78, 5) is 23.8. The maximum atomic E-state index is 13.1. The first-order valence-corrected chi connectivity index (χ1v) is 7.43. The van der Waals surface area contributed by atoms with Crippen molar-refractivity contribution in [2.45, 2.75) is 39.3 Å². The Morgan fingerprint density at radius 2 is 1.83 bits per heavy atom. The number of amides is 2. The maximum Gasteiger partial charge on any atom is 0.313 e. The van der Waals surface area contributed by atoms with Crippen LogP contribution in [0.1, 0.15) is 27.2 Å². The minimum atomic E-state index is -0.967. The van der Waals surface area contributed by atoms with Gasteiger partial charge in [0.15, 0.2) is 0 Å². The zero-order valence-electron chi connectivity index (χ0n) is 13.3. The SMILES string of the molecule is CCO[C@@H]1C[C@H](NC(=O)C(=O)Nc2cc(F)cc(F)c2)C1(C)C. The fourth-order valence-electron chi connectivity index (χ4n) is 2.65. The molecule has 5 nitrogen and oxygen atoms in total. The lowest BCUT2D eigenvalue weighted by atomic mass is 9.64. The number of hydrogen-bond acceptors (Lipinski definition) is 3. The van der Waals surface area contributed by atoms with E-state index in [0.717, 1.165) is 12.1 Å². The van der Waals surface area contributed by atoms with Crippen molar-refractivity contribution in [3.05, 3.63) is 29.8 Å². The average molecular weight is 326 g/mol. The molecule has 0 spiro atoms. The van der Waals surface area contributed by atoms with Gasteiger partial charge >= 0.3 is 11.8 Å². The number of hydrogen-bond donors (Lipinski definition) is 2. The van der Waals surface area contributed by atoms with Crippen molar-refractivity contribution in [3.8, 4) is 0 Å². The molecule has 1 aliphatic rings. The van der Waals surface area contributed by atoms with Gasteiger partial charge in [-0.25, -0.2) is 8.78 Å². The normalized spacial score (nSPS) is 22.1. The second-order valence-corrected chi connectivity index (χ2v) is 6.14. The molecule has 0 aliphatic heterocycles. The molecule has 0 unspecified atom stereocenters. The fraction of sp³-hybridized carbons (Fsp3) is 0.500. The summed E-state index contributed by atoms with van der Waals surface area (Å²) in [6.45, 7) is 6.37. The number of anilines is 1. The molecule has 0 bridgehead atoms. The number of benzene rings is 1. The van der Waals surface area contributed by atoms with Crippen LogP contribution in [0.3, 0.4) is 0 Å². The van der Waals surface area contributed by atoms with E-state index in [4.69, 9.17) is 4.74 Å². The van der Waals surface area contributed by atoms with E-state index < -0.39 is 23.4 Å². The summed E-state index contributed by atoms with van der Waals surface area (Å²) in [5.41, 5.74) is -0.389. The molecule has 126 valence electrons. The van der Waals surface area contributed by atoms with E-state index in [1.807, 2.05) is 20.8 Å². The van der Waals surface area contributed by atoms with Gasteiger partial charge in [-0.1, -0.05) is 13.8 Å². The lowest BCUT2D eigenvalue weighted by Crippen LogP contribution is -2.63. The van der Waals surface area contributed by atoms with Crippen LogP contribution in [0.4, 0.5) is 14.5 Å². The maximum absolute atomic E-state index is 13.1. The molecule has 2 N–H and O–H groups in total. The van der Waals surface area contributed by atoms with E-state index in [1.165, 1.54) is 0 Å². The number of nitrogens with one attached hydrogen (secondary N) is 2. The Kier molecular flexibility index (Phi) is 4.99. The molecule has 1 aliphatic carbocycles. The first-order valence-electron chi connectivity index (χ1n) is 7.43. The third-order valence-corrected chi connectivity index (χ3v) is 4.18. The van der Waals surface area contributed by atoms with Crippen molar-refractivity contribution in [1.82, 2.24) is 5.32 Å². The molecule has 0 radical (unpaired) electrons. The summed E-state index contributed by atoms with van der Waals surface area (Å²) in [7, 11) is 0. The Balaban J connectivity index is 1.92. The van der Waals surface area contributed by atoms with E-state index in [1.54, 1.807) is 0 Å². The van der Waals surface area contributed by atoms with Crippen molar-refractivity contribution in [1.29, 1.82) is 0 Å². The number of rotatable bonds is 4. The Bertz CT molecular complexity index is 599. The summed E-state index contributed by atoms with van der Waals surface area (Å²) >= 11 is 0. The molecule has 7 heteroatoms. The van der Waals surface area contributed by atoms with Gasteiger partial charge in [-0.05, 0) is 25.5 Å². The molecule has 2 rings (SSSR count). The van der Waals surface area contributed by atoms with Crippen molar-refractivity contribution in [2.24, 2.45) is 5.41 Å². The Labute approximate surface area is 133 Å². The highest BCUT2D eigenvalue weighted by Crippen LogP contribution is 2.42. The minimum Gasteiger partial charge on any atom is -0.378 e. The third kappa shape index (κ3) is 3.85. The first kappa shape index (κ1) is 17.3. The lowest BCUT2D eigenvalue weighted by Gasteiger charge is -2.51. The average Bonchev–Trinajstić information content (AvgIpc) is 2.44. The van der Waals surface area contributed by atoms with Crippen LogP contribution in [-0.4, -0.2) is 30.6 Å². The number of carbonyl (C=O) groups excluding carboxylic acids is 2. The minimum absolute atomic E-state index is 0.0261. The van der Waals surface area contributed by atoms with Crippen LogP contribution in [-0.2, 0) is 14.3 Å². The predicted molar refractivity (Wildman–Crippen MR) is 80.7 cm³/mol. The largest absolute Gasteiger partial charge is 0.378 e. The second-order valence-electron chi connectivity index (χ2n) is 6.14. The van der Waals surface area contributed by atoms with E-state index in [9.17, 15) is 18.4 Å². The molecule has 23 heavy (non-hydrogen) atoms. The van der Waals surface area contributed by atoms with Crippen LogP contribution in [0.5, 0.6) is 0 Å². The Hall–Kier alpha value is -2.02. The Morgan fingerprint density at radius 3 is 2.35 bits per heavy atom. The Morgan fingerprint density at radius 1 is 1.22 bits per heavy atom. The molecule has 2 atom stereocenters. The summed E-state index contributed by atoms with van der Waals surface area (Å²) in [6, 6.07) is 2.36. The van der Waals surface area contributed by atoms with Gasteiger partial charge in [-0.2, -0.15) is 0 Å². The third-order valence-electron chi connectivity index (χ3n) is 4.18. The van der Waals surface area contributed by atoms with Crippen LogP contribution in [0.15, 0.2) is 18.2 Å². The lowest BCUT2D eigenvalue weighted by molar-refractivity contribution is -0.144. The number of ether oxygens (including phenoxy) is 1. The highest BCUT2D eigenvalue weighted by molar-refractivity contribution is 6.39. The van der Waals surface area contributed by atoms with Gasteiger partial charge in [0.25, 0.3) is 0 Å². The highest BCUT2D eigenvalue weighted by atomic mass is 19.1. The molecule has 0 aromatic heterocycles. The van der Waals surface area contributed by atoms with Gasteiger partial charge in [0.2, 0.25) is 0 Å². The molecule has 1 fully saturated rings. The van der Waals surface area contributed by atoms with Crippen LogP contribution in [0.25, 0.3) is 0 Å². The molecule has 0 heterocycles. The molecule has 2 amide bonds. The van der Waals surface area contributed by atoms with Crippen LogP contribution < -0.4 is 10.6 Å². The van der Waals surface area contributed by atoms with Gasteiger partial charge in [0.05, 0.1) is 6.10 Å². The van der Waals surface area contributed by atoms with Gasteiger partial charge in [0, 0.05) is 29.8 Å². The van der Waals surface area contributed by atoms with E-state index in [2.05, 4.69) is 10.6 Å². The predicted octanol–water partition coefficient (Wildman–Crippen LogP) is 2.22. The van der Waals surface area contributed by atoms with Crippen LogP contribution in [0, 0.1) is 17.0 Å². The van der Waals surface area contributed by atoms with E-state index in [-0.39, 0.29) is 23.2 Å². The topological polar surface area (TPSA) is 67.4 Å². The number of halogens is 2. The second kappa shape index (κ2) is 6.62. The zero-order chi connectivity index (χ0) is 17.2. The first-order chi connectivity index (χ1) is 10.7. The van der Waals surface area contributed by atoms with Crippen molar-refractivity contribution in [3.63, 3.8) is 0 Å². The smallest absolute Gasteiger partial charge is 0.313 e. The molecule has 0 saturated heterocycles. The highest BCUT2D eigenvalue weighted by Gasteiger charge is 2.49. The summed E-state index contributed by atoms with van der Waals surface area (Å²) in [5.74, 6) is -3.48. The van der Waals surface area contributed by atoms with Crippen molar-refractivity contribution >= 4 is 17.5 Å².